The number of rotatable bonds is 15. The zero-order chi connectivity index (χ0) is 21.0. The zero-order valence-corrected chi connectivity index (χ0v) is 18.4. The second-order valence-corrected chi connectivity index (χ2v) is 7.60. The molecule has 1 heterocycles. The number of fused-ring (bicyclic) bond motifs is 1. The lowest BCUT2D eigenvalue weighted by Crippen LogP contribution is -2.44. The van der Waals surface area contributed by atoms with Gasteiger partial charge in [0.2, 0.25) is 5.72 Å². The minimum absolute atomic E-state index is 0.0518. The zero-order valence-electron chi connectivity index (χ0n) is 18.4. The Balaban J connectivity index is 2.21. The number of ketones is 1. The van der Waals surface area contributed by atoms with Crippen LogP contribution < -0.4 is 0 Å². The van der Waals surface area contributed by atoms with E-state index in [1.807, 2.05) is 43.3 Å². The second-order valence-electron chi connectivity index (χ2n) is 7.60. The van der Waals surface area contributed by atoms with Crippen LogP contribution in [0.3, 0.4) is 0 Å². The van der Waals surface area contributed by atoms with Gasteiger partial charge >= 0.3 is 0 Å². The van der Waals surface area contributed by atoms with E-state index >= 15 is 0 Å². The summed E-state index contributed by atoms with van der Waals surface area (Å²) in [7, 11) is 0. The molecule has 0 spiro atoms. The van der Waals surface area contributed by atoms with E-state index in [-0.39, 0.29) is 5.78 Å². The van der Waals surface area contributed by atoms with Crippen molar-refractivity contribution in [1.82, 2.24) is 15.0 Å². The van der Waals surface area contributed by atoms with Crippen LogP contribution in [0, 0.1) is 0 Å². The van der Waals surface area contributed by atoms with Gasteiger partial charge in [-0.25, -0.2) is 4.68 Å². The first kappa shape index (κ1) is 23.3. The molecule has 1 aromatic carbocycles. The fraction of sp³-hybridized carbons (Fsp3) is 0.625. The fourth-order valence-corrected chi connectivity index (χ4v) is 3.64. The number of allylic oxidation sites excluding steroid dienone is 1. The molecule has 0 aliphatic carbocycles. The highest BCUT2D eigenvalue weighted by atomic mass is 16.5. The summed E-state index contributed by atoms with van der Waals surface area (Å²) in [5.41, 5.74) is 0.363. The molecule has 0 amide bonds. The Morgan fingerprint density at radius 3 is 2.48 bits per heavy atom. The van der Waals surface area contributed by atoms with Gasteiger partial charge in [0.05, 0.1) is 5.52 Å². The third-order valence-corrected chi connectivity index (χ3v) is 5.24. The highest BCUT2D eigenvalue weighted by Crippen LogP contribution is 2.28. The minimum Gasteiger partial charge on any atom is -0.344 e. The minimum atomic E-state index is -1.22. The molecule has 1 aromatic heterocycles. The first-order valence-electron chi connectivity index (χ1n) is 11.4. The molecule has 2 aromatic rings. The molecule has 29 heavy (non-hydrogen) atoms. The van der Waals surface area contributed by atoms with Crippen LogP contribution in [0.25, 0.3) is 11.0 Å². The standard InChI is InChI=1S/C24H37N3O2/c1-4-7-9-10-11-12-13-19-23(28)24(29-6-3,20-16-8-5-2)27-22-18-15-14-17-21(22)25-26-27/h14-18,20H,4-13,19H2,1-3H3/b20-16+. The lowest BCUT2D eigenvalue weighted by Gasteiger charge is -2.29. The number of carbonyl (C=O) groups excluding carboxylic acids is 1. The summed E-state index contributed by atoms with van der Waals surface area (Å²) in [5, 5.41) is 8.60. The average molecular weight is 400 g/mol. The van der Waals surface area contributed by atoms with E-state index in [4.69, 9.17) is 4.74 Å². The second kappa shape index (κ2) is 12.5. The molecular formula is C24H37N3O2. The van der Waals surface area contributed by atoms with Gasteiger partial charge in [-0.15, -0.1) is 5.10 Å². The monoisotopic (exact) mass is 399 g/mol. The van der Waals surface area contributed by atoms with Crippen molar-refractivity contribution in [2.75, 3.05) is 6.61 Å². The van der Waals surface area contributed by atoms with Crippen molar-refractivity contribution in [3.8, 4) is 0 Å². The molecular weight excluding hydrogens is 362 g/mol. The number of hydrogen-bond acceptors (Lipinski definition) is 4. The Morgan fingerprint density at radius 1 is 1.03 bits per heavy atom. The van der Waals surface area contributed by atoms with Gasteiger partial charge in [-0.05, 0) is 38.0 Å². The lowest BCUT2D eigenvalue weighted by molar-refractivity contribution is -0.151. The molecule has 0 fully saturated rings. The SMILES string of the molecule is CCC/C=C/C(OCC)(C(=O)CCCCCCCCC)n1nnc2ccccc21. The molecule has 0 radical (unpaired) electrons. The van der Waals surface area contributed by atoms with Crippen molar-refractivity contribution in [3.63, 3.8) is 0 Å². The summed E-state index contributed by atoms with van der Waals surface area (Å²) in [5.74, 6) is 0.0518. The van der Waals surface area contributed by atoms with E-state index in [9.17, 15) is 4.79 Å². The number of hydrogen-bond donors (Lipinski definition) is 0. The van der Waals surface area contributed by atoms with Gasteiger partial charge in [-0.3, -0.25) is 4.79 Å². The van der Waals surface area contributed by atoms with Gasteiger partial charge in [0, 0.05) is 13.0 Å². The highest BCUT2D eigenvalue weighted by Gasteiger charge is 2.40. The molecule has 1 unspecified atom stereocenters. The number of benzene rings is 1. The quantitative estimate of drug-likeness (QED) is 0.265. The van der Waals surface area contributed by atoms with Crippen molar-refractivity contribution < 1.29 is 9.53 Å². The average Bonchev–Trinajstić information content (AvgIpc) is 3.17. The maximum Gasteiger partial charge on any atom is 0.241 e. The van der Waals surface area contributed by atoms with Crippen molar-refractivity contribution in [1.29, 1.82) is 0 Å². The lowest BCUT2D eigenvalue weighted by atomic mass is 9.99. The van der Waals surface area contributed by atoms with Gasteiger partial charge in [0.1, 0.15) is 5.52 Å². The van der Waals surface area contributed by atoms with Crippen molar-refractivity contribution in [3.05, 3.63) is 36.4 Å². The van der Waals surface area contributed by atoms with Gasteiger partial charge in [0.25, 0.3) is 0 Å². The van der Waals surface area contributed by atoms with E-state index in [0.717, 1.165) is 36.7 Å². The molecule has 5 heteroatoms. The molecule has 1 atom stereocenters. The predicted octanol–water partition coefficient (Wildman–Crippen LogP) is 6.19. The smallest absolute Gasteiger partial charge is 0.241 e. The van der Waals surface area contributed by atoms with Crippen LogP contribution in [0.5, 0.6) is 0 Å². The van der Waals surface area contributed by atoms with Crippen LogP contribution in [0.4, 0.5) is 0 Å². The largest absolute Gasteiger partial charge is 0.344 e. The van der Waals surface area contributed by atoms with E-state index in [0.29, 0.717) is 13.0 Å². The number of para-hydroxylation sites is 1. The molecule has 0 bridgehead atoms. The molecule has 0 saturated carbocycles. The van der Waals surface area contributed by atoms with E-state index < -0.39 is 5.72 Å². The molecule has 0 aliphatic heterocycles. The first-order valence-corrected chi connectivity index (χ1v) is 11.4. The Labute approximate surface area is 175 Å². The number of unbranched alkanes of at least 4 members (excludes halogenated alkanes) is 7. The normalized spacial score (nSPS) is 13.9. The van der Waals surface area contributed by atoms with Crippen LogP contribution >= 0.6 is 0 Å². The Bertz CT molecular complexity index is 768. The van der Waals surface area contributed by atoms with Gasteiger partial charge in [-0.1, -0.05) is 82.2 Å². The first-order chi connectivity index (χ1) is 14.2. The molecule has 2 rings (SSSR count). The number of aromatic nitrogens is 3. The summed E-state index contributed by atoms with van der Waals surface area (Å²) in [6.45, 7) is 6.69. The number of Topliss-reactive ketones (excluding diaryl/α,β-unsaturated/α-hetero) is 1. The third kappa shape index (κ3) is 6.23. The molecule has 0 aliphatic rings. The summed E-state index contributed by atoms with van der Waals surface area (Å²) >= 11 is 0. The maximum absolute atomic E-state index is 13.5. The topological polar surface area (TPSA) is 57.0 Å². The Hall–Kier alpha value is -2.01. The van der Waals surface area contributed by atoms with Crippen molar-refractivity contribution >= 4 is 16.8 Å². The summed E-state index contributed by atoms with van der Waals surface area (Å²) in [6.07, 6.45) is 14.6. The van der Waals surface area contributed by atoms with E-state index in [1.165, 1.54) is 32.1 Å². The molecule has 5 nitrogen and oxygen atoms in total. The summed E-state index contributed by atoms with van der Waals surface area (Å²) in [6, 6.07) is 7.72. The van der Waals surface area contributed by atoms with E-state index in [1.54, 1.807) is 4.68 Å². The van der Waals surface area contributed by atoms with E-state index in [2.05, 4.69) is 24.2 Å². The number of ether oxygens (including phenoxy) is 1. The van der Waals surface area contributed by atoms with Crippen LogP contribution in [0.15, 0.2) is 36.4 Å². The van der Waals surface area contributed by atoms with Gasteiger partial charge < -0.3 is 4.74 Å². The molecule has 0 N–H and O–H groups in total. The summed E-state index contributed by atoms with van der Waals surface area (Å²) < 4.78 is 7.79. The van der Waals surface area contributed by atoms with Crippen LogP contribution in [-0.2, 0) is 15.3 Å². The summed E-state index contributed by atoms with van der Waals surface area (Å²) in [4.78, 5) is 13.5. The fourth-order valence-electron chi connectivity index (χ4n) is 3.64. The van der Waals surface area contributed by atoms with Gasteiger partial charge in [0.15, 0.2) is 5.78 Å². The van der Waals surface area contributed by atoms with Crippen LogP contribution in [0.2, 0.25) is 0 Å². The molecule has 160 valence electrons. The third-order valence-electron chi connectivity index (χ3n) is 5.24. The Kier molecular flexibility index (Phi) is 10.1. The maximum atomic E-state index is 13.5. The van der Waals surface area contributed by atoms with Gasteiger partial charge in [-0.2, -0.15) is 0 Å². The molecule has 0 saturated heterocycles. The van der Waals surface area contributed by atoms with Crippen LogP contribution in [0.1, 0.15) is 85.0 Å². The predicted molar refractivity (Wildman–Crippen MR) is 119 cm³/mol. The van der Waals surface area contributed by atoms with Crippen molar-refractivity contribution in [2.24, 2.45) is 0 Å². The van der Waals surface area contributed by atoms with Crippen LogP contribution in [-0.4, -0.2) is 27.4 Å². The highest BCUT2D eigenvalue weighted by molar-refractivity contribution is 5.89. The van der Waals surface area contributed by atoms with Crippen molar-refractivity contribution in [2.45, 2.75) is 90.7 Å². The Morgan fingerprint density at radius 2 is 1.76 bits per heavy atom. The number of carbonyl (C=O) groups is 1. The number of nitrogens with zero attached hydrogens (tertiary/aromatic N) is 3.